The van der Waals surface area contributed by atoms with Crippen LogP contribution in [0.3, 0.4) is 0 Å². The van der Waals surface area contributed by atoms with Gasteiger partial charge < -0.3 is 0 Å². The summed E-state index contributed by atoms with van der Waals surface area (Å²) in [7, 11) is -7.06. The first kappa shape index (κ1) is 32.9. The predicted octanol–water partition coefficient (Wildman–Crippen LogP) is 4.70. The summed E-state index contributed by atoms with van der Waals surface area (Å²) in [6.07, 6.45) is 0. The predicted molar refractivity (Wildman–Crippen MR) is 171 cm³/mol. The van der Waals surface area contributed by atoms with Crippen LogP contribution in [0.4, 0.5) is 0 Å². The molecule has 0 saturated carbocycles. The highest BCUT2D eigenvalue weighted by atomic mass is 35.5. The molecule has 6 aromatic rings. The van der Waals surface area contributed by atoms with Gasteiger partial charge in [-0.25, -0.2) is 21.5 Å². The van der Waals surface area contributed by atoms with E-state index >= 15 is 0 Å². The summed E-state index contributed by atoms with van der Waals surface area (Å²) in [6, 6.07) is 31.2. The van der Waals surface area contributed by atoms with Crippen molar-refractivity contribution >= 4 is 42.9 Å². The van der Waals surface area contributed by atoms with Crippen LogP contribution in [0.2, 0.25) is 10.0 Å². The number of hydrogen-bond donors (Lipinski definition) is 0. The van der Waals surface area contributed by atoms with Gasteiger partial charge in [-0.1, -0.05) is 83.9 Å². The Morgan fingerprint density at radius 2 is 1.07 bits per heavy atom. The summed E-state index contributed by atoms with van der Waals surface area (Å²) in [5, 5.41) is 24.1. The van der Waals surface area contributed by atoms with Crippen LogP contribution in [0.15, 0.2) is 119 Å². The van der Waals surface area contributed by atoms with Gasteiger partial charge in [0.2, 0.25) is 0 Å². The molecule has 0 bridgehead atoms. The molecule has 46 heavy (non-hydrogen) atoms. The lowest BCUT2D eigenvalue weighted by molar-refractivity contribution is 0.570. The van der Waals surface area contributed by atoms with Crippen LogP contribution in [0.1, 0.15) is 22.8 Å². The van der Waals surface area contributed by atoms with E-state index in [-0.39, 0.29) is 27.1 Å². The Labute approximate surface area is 275 Å². The van der Waals surface area contributed by atoms with Crippen LogP contribution in [0, 0.1) is 0 Å². The topological polar surface area (TPSA) is 155 Å². The molecule has 0 aliphatic carbocycles. The lowest BCUT2D eigenvalue weighted by Crippen LogP contribution is -2.13. The monoisotopic (exact) mass is 696 g/mol. The third-order valence-corrected chi connectivity index (χ3v) is 10.2. The molecule has 0 aliphatic rings. The number of benzene rings is 4. The van der Waals surface area contributed by atoms with E-state index in [2.05, 4.69) is 30.9 Å². The van der Waals surface area contributed by atoms with Crippen molar-refractivity contribution in [3.05, 3.63) is 142 Å². The maximum atomic E-state index is 12.5. The van der Waals surface area contributed by atoms with E-state index in [1.807, 2.05) is 60.7 Å². The second-order valence-corrected chi connectivity index (χ2v) is 14.7. The summed E-state index contributed by atoms with van der Waals surface area (Å²) in [5.74, 6) is -0.113. The number of halogens is 2. The summed E-state index contributed by atoms with van der Waals surface area (Å²) >= 11 is 11.6. The molecule has 16 heteroatoms. The number of sulfone groups is 2. The van der Waals surface area contributed by atoms with Crippen LogP contribution in [-0.4, -0.2) is 57.3 Å². The molecule has 0 unspecified atom stereocenters. The highest BCUT2D eigenvalue weighted by Gasteiger charge is 2.21. The number of hydrogen-bond acceptors (Lipinski definition) is 10. The van der Waals surface area contributed by atoms with Gasteiger partial charge in [0.15, 0.2) is 31.3 Å². The molecule has 0 radical (unpaired) electrons. The SMILES string of the molecule is O=S(=O)(Cc1nnn(Cc2ccccc2)n1)c1ccc(Cl)cc1.O=S(=O)(Cc1nnnn1Cc1ccccc1)c1ccc(Cl)cc1. The van der Waals surface area contributed by atoms with Crippen molar-refractivity contribution in [2.24, 2.45) is 0 Å². The number of aromatic nitrogens is 8. The third-order valence-electron chi connectivity index (χ3n) is 6.43. The van der Waals surface area contributed by atoms with Crippen molar-refractivity contribution in [2.45, 2.75) is 34.4 Å². The highest BCUT2D eigenvalue weighted by Crippen LogP contribution is 2.19. The first-order valence-electron chi connectivity index (χ1n) is 13.6. The van der Waals surface area contributed by atoms with Gasteiger partial charge in [0, 0.05) is 10.0 Å². The molecule has 0 aliphatic heterocycles. The fourth-order valence-corrected chi connectivity index (χ4v) is 6.83. The van der Waals surface area contributed by atoms with E-state index in [0.29, 0.717) is 29.0 Å². The zero-order valence-corrected chi connectivity index (χ0v) is 27.1. The molecule has 4 aromatic carbocycles. The van der Waals surface area contributed by atoms with Crippen molar-refractivity contribution < 1.29 is 16.8 Å². The van der Waals surface area contributed by atoms with E-state index < -0.39 is 19.7 Å². The molecule has 6 rings (SSSR count). The Hall–Kier alpha value is -4.50. The maximum Gasteiger partial charge on any atom is 0.190 e. The van der Waals surface area contributed by atoms with Crippen LogP contribution in [-0.2, 0) is 44.3 Å². The van der Waals surface area contributed by atoms with Gasteiger partial charge >= 0.3 is 0 Å². The maximum absolute atomic E-state index is 12.5. The molecule has 0 saturated heterocycles. The largest absolute Gasteiger partial charge is 0.224 e. The highest BCUT2D eigenvalue weighted by molar-refractivity contribution is 7.91. The van der Waals surface area contributed by atoms with Crippen LogP contribution in [0.25, 0.3) is 0 Å². The Bertz CT molecular complexity index is 2090. The zero-order chi connectivity index (χ0) is 32.6. The molecule has 0 spiro atoms. The molecule has 236 valence electrons. The Morgan fingerprint density at radius 1 is 0.565 bits per heavy atom. The average molecular weight is 698 g/mol. The minimum absolute atomic E-state index is 0.163. The molecule has 0 amide bonds. The van der Waals surface area contributed by atoms with Crippen LogP contribution >= 0.6 is 23.2 Å². The smallest absolute Gasteiger partial charge is 0.190 e. The van der Waals surface area contributed by atoms with Crippen molar-refractivity contribution in [1.29, 1.82) is 0 Å². The normalized spacial score (nSPS) is 11.5. The molecule has 0 atom stereocenters. The van der Waals surface area contributed by atoms with Gasteiger partial charge in [-0.3, -0.25) is 0 Å². The molecule has 2 aromatic heterocycles. The quantitative estimate of drug-likeness (QED) is 0.197. The van der Waals surface area contributed by atoms with Crippen LogP contribution < -0.4 is 0 Å². The van der Waals surface area contributed by atoms with Gasteiger partial charge in [-0.05, 0) is 75.3 Å². The fraction of sp³-hybridized carbons (Fsp3) is 0.133. The van der Waals surface area contributed by atoms with E-state index in [1.54, 1.807) is 12.1 Å². The third kappa shape index (κ3) is 9.03. The van der Waals surface area contributed by atoms with E-state index in [4.69, 9.17) is 23.2 Å². The van der Waals surface area contributed by atoms with Crippen molar-refractivity contribution in [1.82, 2.24) is 40.4 Å². The number of rotatable bonds is 10. The fourth-order valence-electron chi connectivity index (χ4n) is 4.14. The minimum Gasteiger partial charge on any atom is -0.224 e. The molecular weight excluding hydrogens is 671 g/mol. The summed E-state index contributed by atoms with van der Waals surface area (Å²) in [4.78, 5) is 1.75. The number of nitrogens with zero attached hydrogens (tertiary/aromatic N) is 8. The van der Waals surface area contributed by atoms with Gasteiger partial charge in [0.1, 0.15) is 11.5 Å². The minimum atomic E-state index is -3.54. The molecule has 0 N–H and O–H groups in total. The second-order valence-electron chi connectivity index (χ2n) is 9.89. The standard InChI is InChI=1S/2C15H13ClN4O2S/c16-13-6-8-14(9-7-13)23(21,22)11-15-17-18-19-20(15)10-12-4-2-1-3-5-12;16-13-6-8-14(9-7-13)23(21,22)11-15-17-19-20(18-15)10-12-4-2-1-3-5-12/h2*1-9H,10-11H2. The van der Waals surface area contributed by atoms with Gasteiger partial charge in [0.25, 0.3) is 0 Å². The zero-order valence-electron chi connectivity index (χ0n) is 24.0. The lowest BCUT2D eigenvalue weighted by atomic mass is 10.2. The molecule has 12 nitrogen and oxygen atoms in total. The summed E-state index contributed by atoms with van der Waals surface area (Å²) in [5.41, 5.74) is 2.00. The first-order valence-corrected chi connectivity index (χ1v) is 17.7. The van der Waals surface area contributed by atoms with E-state index in [1.165, 1.54) is 45.9 Å². The van der Waals surface area contributed by atoms with Gasteiger partial charge in [0.05, 0.1) is 22.9 Å². The van der Waals surface area contributed by atoms with Crippen molar-refractivity contribution in [3.8, 4) is 0 Å². The van der Waals surface area contributed by atoms with E-state index in [0.717, 1.165) is 11.1 Å². The van der Waals surface area contributed by atoms with Crippen molar-refractivity contribution in [3.63, 3.8) is 0 Å². The van der Waals surface area contributed by atoms with Crippen LogP contribution in [0.5, 0.6) is 0 Å². The van der Waals surface area contributed by atoms with E-state index in [9.17, 15) is 16.8 Å². The first-order chi connectivity index (χ1) is 22.1. The van der Waals surface area contributed by atoms with Gasteiger partial charge in [-0.2, -0.15) is 4.80 Å². The Kier molecular flexibility index (Phi) is 10.5. The molecule has 0 fully saturated rings. The second kappa shape index (κ2) is 14.7. The van der Waals surface area contributed by atoms with Gasteiger partial charge in [-0.15, -0.1) is 15.3 Å². The Balaban J connectivity index is 0.000000181. The summed E-state index contributed by atoms with van der Waals surface area (Å²) in [6.45, 7) is 0.855. The average Bonchev–Trinajstić information content (AvgIpc) is 3.67. The summed E-state index contributed by atoms with van der Waals surface area (Å²) < 4.78 is 51.1. The number of tetrazole rings is 2. The van der Waals surface area contributed by atoms with Crippen molar-refractivity contribution in [2.75, 3.05) is 0 Å². The molecular formula is C30H26Cl2N8O4S2. The Morgan fingerprint density at radius 3 is 1.61 bits per heavy atom. The molecule has 2 heterocycles. The lowest BCUT2D eigenvalue weighted by Gasteiger charge is -2.06.